The third-order valence-corrected chi connectivity index (χ3v) is 7.02. The maximum atomic E-state index is 13.5. The quantitative estimate of drug-likeness (QED) is 0.197. The average Bonchev–Trinajstić information content (AvgIpc) is 3.54. The van der Waals surface area contributed by atoms with Gasteiger partial charge in [0.15, 0.2) is 18.2 Å². The van der Waals surface area contributed by atoms with E-state index in [1.165, 1.54) is 24.7 Å². The van der Waals surface area contributed by atoms with Crippen molar-refractivity contribution in [2.45, 2.75) is 12.5 Å². The molecule has 0 saturated carbocycles. The van der Waals surface area contributed by atoms with Crippen LogP contribution in [-0.2, 0) is 16.0 Å². The number of ketones is 1. The van der Waals surface area contributed by atoms with Gasteiger partial charge in [-0.25, -0.2) is 4.98 Å². The predicted octanol–water partition coefficient (Wildman–Crippen LogP) is 1.97. The van der Waals surface area contributed by atoms with Crippen LogP contribution in [0.1, 0.15) is 27.2 Å². The fourth-order valence-corrected chi connectivity index (χ4v) is 5.40. The number of Topliss-reactive ketones (excluding diaryl/α,β-unsaturated/α-hetero) is 1. The molecule has 3 aliphatic rings. The molecular weight excluding hydrogens is 484 g/mol. The second-order valence-electron chi connectivity index (χ2n) is 9.14. The van der Waals surface area contributed by atoms with Crippen molar-refractivity contribution < 1.29 is 19.1 Å². The first-order chi connectivity index (χ1) is 18.5. The first kappa shape index (κ1) is 21.9. The molecule has 4 aromatic rings. The fraction of sp³-hybridized carbons (Fsp3) is 0.0714. The summed E-state index contributed by atoms with van der Waals surface area (Å²) in [5.74, 6) is -1.28. The summed E-state index contributed by atoms with van der Waals surface area (Å²) in [7, 11) is 0. The van der Waals surface area contributed by atoms with Gasteiger partial charge in [-0.05, 0) is 23.8 Å². The molecule has 1 aromatic carbocycles. The zero-order chi connectivity index (χ0) is 26.0. The molecule has 0 spiro atoms. The Bertz CT molecular complexity index is 1810. The monoisotopic (exact) mass is 502 g/mol. The van der Waals surface area contributed by atoms with E-state index in [0.29, 0.717) is 39.3 Å². The lowest BCUT2D eigenvalue weighted by Gasteiger charge is -2.23. The van der Waals surface area contributed by atoms with Crippen molar-refractivity contribution in [3.05, 3.63) is 119 Å². The number of aliphatic imine (C=N–C) groups is 1. The van der Waals surface area contributed by atoms with Gasteiger partial charge >= 0.3 is 0 Å². The highest BCUT2D eigenvalue weighted by molar-refractivity contribution is 6.47. The highest BCUT2D eigenvalue weighted by Crippen LogP contribution is 2.40. The van der Waals surface area contributed by atoms with Crippen LogP contribution >= 0.6 is 0 Å². The Kier molecular flexibility index (Phi) is 4.64. The van der Waals surface area contributed by atoms with Crippen LogP contribution in [0, 0.1) is 5.21 Å². The molecule has 184 valence electrons. The van der Waals surface area contributed by atoms with Crippen molar-refractivity contribution in [2.24, 2.45) is 4.99 Å². The Labute approximate surface area is 215 Å². The Morgan fingerprint density at radius 1 is 1.05 bits per heavy atom. The van der Waals surface area contributed by atoms with E-state index in [-0.39, 0.29) is 16.9 Å². The third-order valence-electron chi connectivity index (χ3n) is 7.02. The van der Waals surface area contributed by atoms with Crippen LogP contribution in [0.15, 0.2) is 96.3 Å². The van der Waals surface area contributed by atoms with Gasteiger partial charge in [0, 0.05) is 36.6 Å². The largest absolute Gasteiger partial charge is 0.619 e. The third kappa shape index (κ3) is 3.13. The van der Waals surface area contributed by atoms with Crippen LogP contribution < -0.4 is 14.9 Å². The van der Waals surface area contributed by atoms with Crippen molar-refractivity contribution in [3.8, 4) is 0 Å². The first-order valence-corrected chi connectivity index (χ1v) is 11.9. The molecule has 38 heavy (non-hydrogen) atoms. The summed E-state index contributed by atoms with van der Waals surface area (Å²) < 4.78 is 2.35. The standard InChI is InChI=1S/C28H18N6O4/c35-26(17-6-4-10-32(38)15-17)19-13-16-5-3-7-18-24(29-9-12-34(19)25(16)18)23-22(27(36)31-28(23)37)20-14-30-21-8-1-2-11-33(20)21/h1-12,14-15,19H,13H2,(H,31,36,37). The number of carbonyl (C=O) groups is 3. The van der Waals surface area contributed by atoms with Gasteiger partial charge in [-0.1, -0.05) is 24.3 Å². The molecule has 2 amide bonds. The maximum Gasteiger partial charge on any atom is 0.261 e. The number of hydrogen-bond donors (Lipinski definition) is 1. The zero-order valence-corrected chi connectivity index (χ0v) is 19.7. The molecule has 1 atom stereocenters. The number of imide groups is 1. The number of fused-ring (bicyclic) bond motifs is 1. The number of carbonyl (C=O) groups excluding carboxylic acids is 3. The fourth-order valence-electron chi connectivity index (χ4n) is 5.40. The molecule has 10 heteroatoms. The average molecular weight is 502 g/mol. The minimum Gasteiger partial charge on any atom is -0.619 e. The topological polar surface area (TPSA) is 123 Å². The Morgan fingerprint density at radius 3 is 2.79 bits per heavy atom. The van der Waals surface area contributed by atoms with Crippen LogP contribution in [0.5, 0.6) is 0 Å². The normalized spacial score (nSPS) is 18.1. The number of nitrogens with zero attached hydrogens (tertiary/aromatic N) is 5. The minimum absolute atomic E-state index is 0.144. The maximum absolute atomic E-state index is 13.5. The van der Waals surface area contributed by atoms with Gasteiger partial charge in [0.2, 0.25) is 0 Å². The van der Waals surface area contributed by atoms with Gasteiger partial charge < -0.3 is 10.1 Å². The molecule has 0 saturated heterocycles. The molecule has 6 heterocycles. The number of benzene rings is 1. The van der Waals surface area contributed by atoms with Crippen LogP contribution in [0.25, 0.3) is 11.2 Å². The van der Waals surface area contributed by atoms with Crippen LogP contribution in [0.4, 0.5) is 5.69 Å². The number of para-hydroxylation sites is 1. The van der Waals surface area contributed by atoms with Crippen molar-refractivity contribution in [1.82, 2.24) is 14.7 Å². The molecular formula is C28H18N6O4. The highest BCUT2D eigenvalue weighted by Gasteiger charge is 2.41. The van der Waals surface area contributed by atoms with Gasteiger partial charge in [-0.15, -0.1) is 0 Å². The summed E-state index contributed by atoms with van der Waals surface area (Å²) in [6.07, 6.45) is 9.57. The molecule has 1 unspecified atom stereocenters. The van der Waals surface area contributed by atoms with Gasteiger partial charge in [-0.3, -0.25) is 29.1 Å². The van der Waals surface area contributed by atoms with Crippen molar-refractivity contribution in [1.29, 1.82) is 0 Å². The van der Waals surface area contributed by atoms with E-state index in [1.54, 1.807) is 29.1 Å². The van der Waals surface area contributed by atoms with Gasteiger partial charge in [0.25, 0.3) is 11.8 Å². The number of amides is 2. The lowest BCUT2D eigenvalue weighted by atomic mass is 9.94. The summed E-state index contributed by atoms with van der Waals surface area (Å²) in [5, 5.41) is 14.2. The summed E-state index contributed by atoms with van der Waals surface area (Å²) in [5.41, 5.74) is 4.33. The zero-order valence-electron chi connectivity index (χ0n) is 19.7. The van der Waals surface area contributed by atoms with Gasteiger partial charge in [0.05, 0.1) is 40.0 Å². The Hall–Kier alpha value is -5.38. The number of aromatic nitrogens is 3. The molecule has 3 aliphatic heterocycles. The van der Waals surface area contributed by atoms with Crippen LogP contribution in [-0.4, -0.2) is 38.7 Å². The summed E-state index contributed by atoms with van der Waals surface area (Å²) >= 11 is 0. The predicted molar refractivity (Wildman–Crippen MR) is 137 cm³/mol. The number of imidazole rings is 1. The van der Waals surface area contributed by atoms with Crippen LogP contribution in [0.2, 0.25) is 0 Å². The molecule has 10 nitrogen and oxygen atoms in total. The van der Waals surface area contributed by atoms with E-state index in [9.17, 15) is 19.6 Å². The number of pyridine rings is 2. The number of anilines is 1. The molecule has 0 bridgehead atoms. The van der Waals surface area contributed by atoms with Crippen molar-refractivity contribution >= 4 is 40.2 Å². The van der Waals surface area contributed by atoms with E-state index in [0.717, 1.165) is 11.3 Å². The molecule has 0 fully saturated rings. The molecule has 1 N–H and O–H groups in total. The van der Waals surface area contributed by atoms with Crippen molar-refractivity contribution in [2.75, 3.05) is 4.90 Å². The molecule has 0 aliphatic carbocycles. The Morgan fingerprint density at radius 2 is 1.92 bits per heavy atom. The molecule has 3 aromatic heterocycles. The first-order valence-electron chi connectivity index (χ1n) is 11.9. The number of nitrogens with one attached hydrogen (secondary N) is 1. The minimum atomic E-state index is -0.592. The van der Waals surface area contributed by atoms with Crippen molar-refractivity contribution in [3.63, 3.8) is 0 Å². The van der Waals surface area contributed by atoms with Crippen LogP contribution in [0.3, 0.4) is 0 Å². The smallest absolute Gasteiger partial charge is 0.261 e. The van der Waals surface area contributed by atoms with E-state index in [2.05, 4.69) is 15.3 Å². The number of hydrogen-bond acceptors (Lipinski definition) is 7. The lowest BCUT2D eigenvalue weighted by Crippen LogP contribution is -2.37. The van der Waals surface area contributed by atoms with E-state index in [4.69, 9.17) is 0 Å². The van der Waals surface area contributed by atoms with E-state index < -0.39 is 17.9 Å². The second kappa shape index (κ2) is 8.07. The molecule has 7 rings (SSSR count). The van der Waals surface area contributed by atoms with Gasteiger partial charge in [0.1, 0.15) is 11.7 Å². The highest BCUT2D eigenvalue weighted by atomic mass is 16.5. The number of rotatable bonds is 4. The Balaban J connectivity index is 1.37. The summed E-state index contributed by atoms with van der Waals surface area (Å²) in [6, 6.07) is 13.6. The van der Waals surface area contributed by atoms with E-state index >= 15 is 0 Å². The second-order valence-corrected chi connectivity index (χ2v) is 9.14. The summed E-state index contributed by atoms with van der Waals surface area (Å²) in [6.45, 7) is 0. The van der Waals surface area contributed by atoms with E-state index in [1.807, 2.05) is 41.3 Å². The SMILES string of the molecule is O=C1NC(=O)C(c2cnc3ccccn23)=C1C1=NC=CN2c3c(cccc31)CC2C(=O)c1ccc[n+]([O-])c1. The molecule has 0 radical (unpaired) electrons. The lowest BCUT2D eigenvalue weighted by molar-refractivity contribution is -0.605. The summed E-state index contributed by atoms with van der Waals surface area (Å²) in [4.78, 5) is 50.5. The van der Waals surface area contributed by atoms with Gasteiger partial charge in [-0.2, -0.15) is 4.73 Å².